The van der Waals surface area contributed by atoms with Crippen molar-refractivity contribution in [2.75, 3.05) is 6.61 Å². The van der Waals surface area contributed by atoms with E-state index in [9.17, 15) is 39.5 Å². The molecule has 0 N–H and O–H groups in total. The Morgan fingerprint density at radius 2 is 1.52 bits per heavy atom. The van der Waals surface area contributed by atoms with Crippen molar-refractivity contribution >= 4 is 11.6 Å². The molecule has 23 heavy (non-hydrogen) atoms. The van der Waals surface area contributed by atoms with Crippen LogP contribution in [0.4, 0.5) is 39.5 Å². The van der Waals surface area contributed by atoms with Gasteiger partial charge in [0.1, 0.15) is 5.02 Å². The average molecular weight is 376 g/mol. The highest BCUT2D eigenvalue weighted by Crippen LogP contribution is 2.53. The van der Waals surface area contributed by atoms with Crippen LogP contribution in [0.25, 0.3) is 0 Å². The van der Waals surface area contributed by atoms with Crippen LogP contribution in [-0.4, -0.2) is 35.5 Å². The van der Waals surface area contributed by atoms with E-state index in [1.165, 1.54) is 6.92 Å². The summed E-state index contributed by atoms with van der Waals surface area (Å²) in [4.78, 5) is 3.33. The van der Waals surface area contributed by atoms with E-state index < -0.39 is 41.5 Å². The van der Waals surface area contributed by atoms with Crippen LogP contribution in [0.15, 0.2) is 12.3 Å². The Morgan fingerprint density at radius 3 is 1.96 bits per heavy atom. The summed E-state index contributed by atoms with van der Waals surface area (Å²) in [6.07, 6.45) is -5.85. The lowest BCUT2D eigenvalue weighted by Crippen LogP contribution is -2.62. The molecule has 1 rings (SSSR count). The quantitative estimate of drug-likeness (QED) is 0.684. The summed E-state index contributed by atoms with van der Waals surface area (Å²) >= 11 is 5.49. The number of aromatic nitrogens is 1. The largest absolute Gasteiger partial charge is 0.470 e. The Balaban J connectivity index is 3.02. The number of hydrogen-bond donors (Lipinski definition) is 0. The van der Waals surface area contributed by atoms with E-state index in [1.54, 1.807) is 0 Å². The Bertz CT molecular complexity index is 573. The normalized spacial score (nSPS) is 14.0. The monoisotopic (exact) mass is 375 g/mol. The molecule has 0 saturated carbocycles. The van der Waals surface area contributed by atoms with Crippen LogP contribution in [0, 0.1) is 6.92 Å². The standard InChI is InChI=1S/C11H7ClF9NO/c1-5-2-6(12)7(22-3-5)23-4-8(13,14)9(15,16)10(17,18)11(19,20)21/h2-3H,4H2,1H3. The predicted octanol–water partition coefficient (Wildman–Crippen LogP) is 4.89. The van der Waals surface area contributed by atoms with E-state index in [2.05, 4.69) is 9.72 Å². The third kappa shape index (κ3) is 3.59. The highest BCUT2D eigenvalue weighted by atomic mass is 35.5. The minimum atomic E-state index is -6.96. The molecule has 0 aliphatic heterocycles. The molecule has 0 atom stereocenters. The first kappa shape index (κ1) is 19.7. The van der Waals surface area contributed by atoms with Crippen LogP contribution in [0.2, 0.25) is 5.02 Å². The fraction of sp³-hybridized carbons (Fsp3) is 0.545. The van der Waals surface area contributed by atoms with E-state index in [4.69, 9.17) is 11.6 Å². The number of halogens is 10. The van der Waals surface area contributed by atoms with Gasteiger partial charge in [0, 0.05) is 6.20 Å². The molecule has 12 heteroatoms. The van der Waals surface area contributed by atoms with E-state index >= 15 is 0 Å². The van der Waals surface area contributed by atoms with Gasteiger partial charge >= 0.3 is 23.9 Å². The van der Waals surface area contributed by atoms with Gasteiger partial charge in [0.2, 0.25) is 5.88 Å². The van der Waals surface area contributed by atoms with Crippen LogP contribution >= 0.6 is 11.6 Å². The zero-order chi connectivity index (χ0) is 18.3. The van der Waals surface area contributed by atoms with Crippen molar-refractivity contribution in [1.82, 2.24) is 4.98 Å². The number of aryl methyl sites for hydroxylation is 1. The van der Waals surface area contributed by atoms with E-state index in [0.29, 0.717) is 5.56 Å². The topological polar surface area (TPSA) is 22.1 Å². The first-order chi connectivity index (χ1) is 10.1. The number of rotatable bonds is 5. The van der Waals surface area contributed by atoms with Crippen molar-refractivity contribution in [2.24, 2.45) is 0 Å². The molecular formula is C11H7ClF9NO. The first-order valence-electron chi connectivity index (χ1n) is 5.58. The molecule has 132 valence electrons. The summed E-state index contributed by atoms with van der Waals surface area (Å²) < 4.78 is 117. The first-order valence-corrected chi connectivity index (χ1v) is 5.96. The van der Waals surface area contributed by atoms with Crippen molar-refractivity contribution < 1.29 is 44.3 Å². The molecule has 1 aromatic rings. The van der Waals surface area contributed by atoms with Crippen LogP contribution in [0.5, 0.6) is 5.88 Å². The highest BCUT2D eigenvalue weighted by molar-refractivity contribution is 6.31. The predicted molar refractivity (Wildman–Crippen MR) is 60.4 cm³/mol. The maximum Gasteiger partial charge on any atom is 0.460 e. The molecule has 0 radical (unpaired) electrons. The van der Waals surface area contributed by atoms with Gasteiger partial charge in [0.25, 0.3) is 0 Å². The van der Waals surface area contributed by atoms with Crippen LogP contribution < -0.4 is 4.74 Å². The Labute approximate surface area is 128 Å². The van der Waals surface area contributed by atoms with Crippen LogP contribution in [0.1, 0.15) is 5.56 Å². The minimum absolute atomic E-state index is 0.410. The number of ether oxygens (including phenoxy) is 1. The molecule has 1 heterocycles. The maximum atomic E-state index is 13.2. The summed E-state index contributed by atoms with van der Waals surface area (Å²) in [6.45, 7) is -1.00. The van der Waals surface area contributed by atoms with Gasteiger partial charge in [-0.15, -0.1) is 0 Å². The number of hydrogen-bond acceptors (Lipinski definition) is 2. The molecule has 0 unspecified atom stereocenters. The third-order valence-electron chi connectivity index (χ3n) is 2.54. The van der Waals surface area contributed by atoms with Gasteiger partial charge < -0.3 is 4.74 Å². The van der Waals surface area contributed by atoms with Crippen molar-refractivity contribution in [3.8, 4) is 5.88 Å². The van der Waals surface area contributed by atoms with Crippen LogP contribution in [0.3, 0.4) is 0 Å². The summed E-state index contributed by atoms with van der Waals surface area (Å²) in [6, 6.07) is 1.13. The fourth-order valence-electron chi connectivity index (χ4n) is 1.28. The summed E-state index contributed by atoms with van der Waals surface area (Å²) in [7, 11) is 0. The molecule has 0 amide bonds. The minimum Gasteiger partial charge on any atom is -0.470 e. The Kier molecular flexibility index (Phi) is 5.05. The lowest BCUT2D eigenvalue weighted by Gasteiger charge is -2.33. The molecule has 0 spiro atoms. The van der Waals surface area contributed by atoms with Gasteiger partial charge in [0.15, 0.2) is 6.61 Å². The fourth-order valence-corrected chi connectivity index (χ4v) is 1.56. The molecule has 0 aliphatic carbocycles. The lowest BCUT2D eigenvalue weighted by molar-refractivity contribution is -0.398. The Morgan fingerprint density at radius 1 is 1.00 bits per heavy atom. The molecule has 0 aliphatic rings. The highest BCUT2D eigenvalue weighted by Gasteiger charge is 2.81. The second-order valence-electron chi connectivity index (χ2n) is 4.44. The zero-order valence-electron chi connectivity index (χ0n) is 11.0. The SMILES string of the molecule is Cc1cnc(OCC(F)(F)C(F)(F)C(F)(F)C(F)(F)F)c(Cl)c1. The van der Waals surface area contributed by atoms with Gasteiger partial charge in [-0.25, -0.2) is 4.98 Å². The van der Waals surface area contributed by atoms with E-state index in [-0.39, 0.29) is 0 Å². The zero-order valence-corrected chi connectivity index (χ0v) is 11.8. The molecule has 0 saturated heterocycles. The lowest BCUT2D eigenvalue weighted by atomic mass is 10.0. The second kappa shape index (κ2) is 5.91. The second-order valence-corrected chi connectivity index (χ2v) is 4.85. The van der Waals surface area contributed by atoms with Crippen molar-refractivity contribution in [3.63, 3.8) is 0 Å². The summed E-state index contributed by atoms with van der Waals surface area (Å²) in [5.41, 5.74) is 0.433. The average Bonchev–Trinajstić information content (AvgIpc) is 2.35. The number of pyridine rings is 1. The molecule has 0 fully saturated rings. The molecular weight excluding hydrogens is 369 g/mol. The third-order valence-corrected chi connectivity index (χ3v) is 2.81. The smallest absolute Gasteiger partial charge is 0.460 e. The number of alkyl halides is 9. The summed E-state index contributed by atoms with van der Waals surface area (Å²) in [5.74, 6) is -20.4. The molecule has 2 nitrogen and oxygen atoms in total. The molecule has 0 bridgehead atoms. The van der Waals surface area contributed by atoms with Gasteiger partial charge in [-0.2, -0.15) is 39.5 Å². The van der Waals surface area contributed by atoms with Crippen molar-refractivity contribution in [3.05, 3.63) is 22.8 Å². The van der Waals surface area contributed by atoms with Gasteiger partial charge in [0.05, 0.1) is 0 Å². The molecule has 0 aromatic carbocycles. The summed E-state index contributed by atoms with van der Waals surface area (Å²) in [5, 5.41) is -0.410. The maximum absolute atomic E-state index is 13.2. The van der Waals surface area contributed by atoms with Gasteiger partial charge in [-0.3, -0.25) is 0 Å². The Hall–Kier alpha value is -1.39. The van der Waals surface area contributed by atoms with Gasteiger partial charge in [-0.05, 0) is 18.6 Å². The van der Waals surface area contributed by atoms with E-state index in [1.807, 2.05) is 0 Å². The van der Waals surface area contributed by atoms with Crippen molar-refractivity contribution in [2.45, 2.75) is 30.9 Å². The van der Waals surface area contributed by atoms with E-state index in [0.717, 1.165) is 12.3 Å². The van der Waals surface area contributed by atoms with Gasteiger partial charge in [-0.1, -0.05) is 11.6 Å². The van der Waals surface area contributed by atoms with Crippen LogP contribution in [-0.2, 0) is 0 Å². The molecule has 1 aromatic heterocycles. The van der Waals surface area contributed by atoms with Crippen molar-refractivity contribution in [1.29, 1.82) is 0 Å². The number of nitrogens with zero attached hydrogens (tertiary/aromatic N) is 1.